The molecule has 0 aliphatic rings. The first-order valence-corrected chi connectivity index (χ1v) is 13.1. The molecule has 0 fully saturated rings. The van der Waals surface area contributed by atoms with E-state index in [1.807, 2.05) is 91.9 Å². The molecule has 7 nitrogen and oxygen atoms in total. The summed E-state index contributed by atoms with van der Waals surface area (Å²) in [6.45, 7) is 2.92. The van der Waals surface area contributed by atoms with Crippen LogP contribution in [0.1, 0.15) is 36.8 Å². The number of nitrogens with zero attached hydrogens (tertiary/aromatic N) is 3. The summed E-state index contributed by atoms with van der Waals surface area (Å²) in [5, 5.41) is 12.2. The lowest BCUT2D eigenvalue weighted by atomic mass is 9.90. The van der Waals surface area contributed by atoms with Crippen molar-refractivity contribution in [3.63, 3.8) is 0 Å². The molecule has 0 bridgehead atoms. The van der Waals surface area contributed by atoms with E-state index in [2.05, 4.69) is 15.5 Å². The lowest BCUT2D eigenvalue weighted by Crippen LogP contribution is -2.38. The van der Waals surface area contributed by atoms with Gasteiger partial charge in [0.15, 0.2) is 0 Å². The van der Waals surface area contributed by atoms with Gasteiger partial charge in [0.25, 0.3) is 0 Å². The van der Waals surface area contributed by atoms with E-state index >= 15 is 0 Å². The molecule has 0 radical (unpaired) electrons. The van der Waals surface area contributed by atoms with E-state index in [-0.39, 0.29) is 18.2 Å². The van der Waals surface area contributed by atoms with Crippen LogP contribution in [0, 0.1) is 0 Å². The summed E-state index contributed by atoms with van der Waals surface area (Å²) in [7, 11) is 1.61. The van der Waals surface area contributed by atoms with Crippen molar-refractivity contribution >= 4 is 28.3 Å². The van der Waals surface area contributed by atoms with Gasteiger partial charge in [0.1, 0.15) is 10.8 Å². The summed E-state index contributed by atoms with van der Waals surface area (Å²) >= 11 is 1.29. The molecule has 0 unspecified atom stereocenters. The molecule has 8 heteroatoms. The number of aromatic nitrogens is 2. The summed E-state index contributed by atoms with van der Waals surface area (Å²) in [5.41, 5.74) is 2.73. The van der Waals surface area contributed by atoms with Gasteiger partial charge in [-0.3, -0.25) is 9.59 Å². The number of hydrogen-bond acceptors (Lipinski definition) is 6. The molecular formula is C29H30N4O3S. The number of carbonyl (C=O) groups excluding carboxylic acids is 2. The fourth-order valence-corrected chi connectivity index (χ4v) is 4.87. The summed E-state index contributed by atoms with van der Waals surface area (Å²) in [5.74, 6) is 0.0790. The Balaban J connectivity index is 1.43. The summed E-state index contributed by atoms with van der Waals surface area (Å²) in [4.78, 5) is 28.3. The number of carbonyl (C=O) groups is 2. The van der Waals surface area contributed by atoms with Crippen LogP contribution in [0.3, 0.4) is 0 Å². The van der Waals surface area contributed by atoms with E-state index in [1.54, 1.807) is 12.0 Å². The van der Waals surface area contributed by atoms with E-state index in [0.717, 1.165) is 28.9 Å². The molecule has 0 saturated heterocycles. The topological polar surface area (TPSA) is 84.4 Å². The highest BCUT2D eigenvalue weighted by Gasteiger charge is 2.27. The molecule has 4 aromatic rings. The number of methoxy groups -OCH3 is 1. The molecule has 0 atom stereocenters. The summed E-state index contributed by atoms with van der Waals surface area (Å²) < 4.78 is 5.27. The molecule has 0 saturated carbocycles. The Bertz CT molecular complexity index is 1270. The van der Waals surface area contributed by atoms with Crippen LogP contribution in [-0.4, -0.2) is 47.1 Å². The largest absolute Gasteiger partial charge is 0.497 e. The third-order valence-corrected chi connectivity index (χ3v) is 6.80. The van der Waals surface area contributed by atoms with Crippen LogP contribution in [-0.2, 0) is 9.59 Å². The highest BCUT2D eigenvalue weighted by Crippen LogP contribution is 2.29. The second-order valence-corrected chi connectivity index (χ2v) is 9.50. The zero-order valence-corrected chi connectivity index (χ0v) is 21.8. The molecule has 2 amide bonds. The first-order valence-electron chi connectivity index (χ1n) is 12.3. The van der Waals surface area contributed by atoms with Crippen molar-refractivity contribution in [2.45, 2.75) is 25.7 Å². The van der Waals surface area contributed by atoms with Gasteiger partial charge in [0.05, 0.1) is 13.0 Å². The third kappa shape index (κ3) is 6.80. The molecule has 3 aromatic carbocycles. The van der Waals surface area contributed by atoms with E-state index in [1.165, 1.54) is 11.3 Å². The highest BCUT2D eigenvalue weighted by atomic mass is 32.1. The van der Waals surface area contributed by atoms with Crippen LogP contribution in [0.2, 0.25) is 0 Å². The monoisotopic (exact) mass is 514 g/mol. The molecule has 0 aliphatic heterocycles. The minimum atomic E-state index is -0.425. The van der Waals surface area contributed by atoms with Crippen molar-refractivity contribution in [2.24, 2.45) is 0 Å². The second kappa shape index (κ2) is 12.8. The van der Waals surface area contributed by atoms with Crippen molar-refractivity contribution in [1.82, 2.24) is 15.1 Å². The third-order valence-electron chi connectivity index (χ3n) is 5.91. The number of ether oxygens (including phenoxy) is 1. The zero-order chi connectivity index (χ0) is 26.0. The predicted molar refractivity (Wildman–Crippen MR) is 147 cm³/mol. The predicted octanol–water partition coefficient (Wildman–Crippen LogP) is 5.61. The smallest absolute Gasteiger partial charge is 0.234 e. The van der Waals surface area contributed by atoms with Gasteiger partial charge < -0.3 is 15.0 Å². The molecule has 4 rings (SSSR count). The number of nitrogens with one attached hydrogen (secondary N) is 1. The van der Waals surface area contributed by atoms with Gasteiger partial charge in [-0.2, -0.15) is 0 Å². The van der Waals surface area contributed by atoms with Crippen molar-refractivity contribution in [3.8, 4) is 16.3 Å². The molecule has 1 N–H and O–H groups in total. The SMILES string of the molecule is CCCN(CCC(=O)Nc1nnc(-c2cccc(OC)c2)s1)C(=O)C(c1ccccc1)c1ccccc1. The molecule has 0 spiro atoms. The maximum Gasteiger partial charge on any atom is 0.234 e. The normalized spacial score (nSPS) is 10.8. The Morgan fingerprint density at radius 1 is 0.919 bits per heavy atom. The maximum absolute atomic E-state index is 13.8. The standard InChI is InChI=1S/C29H30N4O3S/c1-3-18-33(28(35)26(21-11-6-4-7-12-21)22-13-8-5-9-14-22)19-17-25(34)30-29-32-31-27(37-29)23-15-10-16-24(20-23)36-2/h4-16,20,26H,3,17-19H2,1-2H3,(H,30,32,34). The summed E-state index contributed by atoms with van der Waals surface area (Å²) in [6.07, 6.45) is 0.958. The fraction of sp³-hybridized carbons (Fsp3) is 0.241. The number of amides is 2. The number of rotatable bonds is 11. The van der Waals surface area contributed by atoms with Crippen LogP contribution >= 0.6 is 11.3 Å². The number of anilines is 1. The van der Waals surface area contributed by atoms with Gasteiger partial charge in [-0.1, -0.05) is 91.1 Å². The van der Waals surface area contributed by atoms with Crippen LogP contribution in [0.15, 0.2) is 84.9 Å². The zero-order valence-electron chi connectivity index (χ0n) is 21.0. The fourth-order valence-electron chi connectivity index (χ4n) is 4.12. The van der Waals surface area contributed by atoms with E-state index < -0.39 is 5.92 Å². The summed E-state index contributed by atoms with van der Waals surface area (Å²) in [6, 6.07) is 27.1. The quantitative estimate of drug-likeness (QED) is 0.281. The van der Waals surface area contributed by atoms with Gasteiger partial charge in [0.2, 0.25) is 16.9 Å². The van der Waals surface area contributed by atoms with E-state index in [4.69, 9.17) is 4.74 Å². The van der Waals surface area contributed by atoms with Crippen LogP contribution in [0.25, 0.3) is 10.6 Å². The average Bonchev–Trinajstić information content (AvgIpc) is 3.40. The van der Waals surface area contributed by atoms with Gasteiger partial charge in [-0.15, -0.1) is 10.2 Å². The van der Waals surface area contributed by atoms with Gasteiger partial charge >= 0.3 is 0 Å². The lowest BCUT2D eigenvalue weighted by Gasteiger charge is -2.27. The highest BCUT2D eigenvalue weighted by molar-refractivity contribution is 7.18. The molecule has 1 aromatic heterocycles. The second-order valence-electron chi connectivity index (χ2n) is 8.52. The molecule has 0 aliphatic carbocycles. The molecule has 37 heavy (non-hydrogen) atoms. The number of benzene rings is 3. The Hall–Kier alpha value is -4.04. The molecule has 1 heterocycles. The van der Waals surface area contributed by atoms with Gasteiger partial charge in [-0.25, -0.2) is 0 Å². The minimum Gasteiger partial charge on any atom is -0.497 e. The van der Waals surface area contributed by atoms with Crippen LogP contribution < -0.4 is 10.1 Å². The number of hydrogen-bond donors (Lipinski definition) is 1. The van der Waals surface area contributed by atoms with Gasteiger partial charge in [0, 0.05) is 25.1 Å². The van der Waals surface area contributed by atoms with Crippen molar-refractivity contribution < 1.29 is 14.3 Å². The average molecular weight is 515 g/mol. The van der Waals surface area contributed by atoms with Crippen molar-refractivity contribution in [3.05, 3.63) is 96.1 Å². The van der Waals surface area contributed by atoms with E-state index in [0.29, 0.717) is 23.2 Å². The first kappa shape index (κ1) is 26.0. The van der Waals surface area contributed by atoms with Crippen molar-refractivity contribution in [1.29, 1.82) is 0 Å². The van der Waals surface area contributed by atoms with Crippen LogP contribution in [0.4, 0.5) is 5.13 Å². The molecule has 190 valence electrons. The van der Waals surface area contributed by atoms with Gasteiger partial charge in [-0.05, 0) is 29.7 Å². The minimum absolute atomic E-state index is 0.0109. The lowest BCUT2D eigenvalue weighted by molar-refractivity contribution is -0.132. The first-order chi connectivity index (χ1) is 18.1. The van der Waals surface area contributed by atoms with Crippen LogP contribution in [0.5, 0.6) is 5.75 Å². The Morgan fingerprint density at radius 2 is 1.59 bits per heavy atom. The Morgan fingerprint density at radius 3 is 2.22 bits per heavy atom. The Kier molecular flexibility index (Phi) is 8.99. The van der Waals surface area contributed by atoms with E-state index in [9.17, 15) is 9.59 Å². The Labute approximate surface area is 221 Å². The molecular weight excluding hydrogens is 484 g/mol. The maximum atomic E-state index is 13.8. The van der Waals surface area contributed by atoms with Crippen molar-refractivity contribution in [2.75, 3.05) is 25.5 Å².